The van der Waals surface area contributed by atoms with Crippen molar-refractivity contribution in [3.05, 3.63) is 29.8 Å². The summed E-state index contributed by atoms with van der Waals surface area (Å²) in [6.45, 7) is 4.82. The maximum atomic E-state index is 12.5. The van der Waals surface area contributed by atoms with Crippen molar-refractivity contribution in [2.24, 2.45) is 11.8 Å². The van der Waals surface area contributed by atoms with Crippen LogP contribution in [0.5, 0.6) is 0 Å². The zero-order valence-corrected chi connectivity index (χ0v) is 15.9. The van der Waals surface area contributed by atoms with Crippen LogP contribution < -0.4 is 9.62 Å². The van der Waals surface area contributed by atoms with Gasteiger partial charge in [-0.25, -0.2) is 4.72 Å². The van der Waals surface area contributed by atoms with Gasteiger partial charge in [-0.15, -0.1) is 0 Å². The van der Waals surface area contributed by atoms with E-state index >= 15 is 0 Å². The maximum absolute atomic E-state index is 12.5. The Morgan fingerprint density at radius 3 is 2.54 bits per heavy atom. The molecule has 2 N–H and O–H groups in total. The van der Waals surface area contributed by atoms with Crippen LogP contribution in [0.25, 0.3) is 0 Å². The van der Waals surface area contributed by atoms with Crippen LogP contribution in [-0.2, 0) is 15.0 Å². The molecule has 0 spiro atoms. The normalized spacial score (nSPS) is 22.7. The zero-order valence-electron chi connectivity index (χ0n) is 15.1. The van der Waals surface area contributed by atoms with Crippen LogP contribution in [0.1, 0.15) is 24.8 Å². The number of para-hydroxylation sites is 1. The second kappa shape index (κ2) is 7.94. The molecule has 144 valence electrons. The van der Waals surface area contributed by atoms with Crippen molar-refractivity contribution in [2.45, 2.75) is 26.2 Å². The molecule has 0 bridgehead atoms. The van der Waals surface area contributed by atoms with Gasteiger partial charge in [0.25, 0.3) is 10.2 Å². The first-order valence-corrected chi connectivity index (χ1v) is 10.6. The number of hydrogen-bond donors (Lipinski definition) is 2. The van der Waals surface area contributed by atoms with E-state index < -0.39 is 22.1 Å². The molecule has 2 saturated heterocycles. The molecule has 2 heterocycles. The number of aryl methyl sites for hydroxylation is 1. The molecule has 0 unspecified atom stereocenters. The Balaban J connectivity index is 1.50. The Hall–Kier alpha value is -1.64. The second-order valence-corrected chi connectivity index (χ2v) is 9.01. The standard InChI is InChI=1S/C18H27N3O4S/c1-14-4-2-3-5-17(14)20-9-6-15(13-20)12-19-26(24,25)21-10-7-16(8-11-21)18(22)23/h2-5,15-16,19H,6-13H2,1H3,(H,22,23)/t15-/m0/s1. The maximum Gasteiger partial charge on any atom is 0.306 e. The summed E-state index contributed by atoms with van der Waals surface area (Å²) in [5.74, 6) is -0.989. The van der Waals surface area contributed by atoms with Crippen molar-refractivity contribution < 1.29 is 18.3 Å². The van der Waals surface area contributed by atoms with Gasteiger partial charge in [-0.1, -0.05) is 18.2 Å². The summed E-state index contributed by atoms with van der Waals surface area (Å²) < 4.78 is 29.1. The van der Waals surface area contributed by atoms with E-state index in [0.29, 0.717) is 19.4 Å². The highest BCUT2D eigenvalue weighted by atomic mass is 32.2. The lowest BCUT2D eigenvalue weighted by atomic mass is 9.99. The Kier molecular flexibility index (Phi) is 5.84. The van der Waals surface area contributed by atoms with E-state index in [2.05, 4.69) is 28.7 Å². The number of rotatable bonds is 6. The molecule has 0 saturated carbocycles. The van der Waals surface area contributed by atoms with Crippen LogP contribution in [-0.4, -0.2) is 56.5 Å². The molecule has 0 aliphatic carbocycles. The lowest BCUT2D eigenvalue weighted by Gasteiger charge is -2.29. The largest absolute Gasteiger partial charge is 0.481 e. The smallest absolute Gasteiger partial charge is 0.306 e. The predicted molar refractivity (Wildman–Crippen MR) is 100 cm³/mol. The minimum atomic E-state index is -3.54. The number of aliphatic carboxylic acids is 1. The fourth-order valence-corrected chi connectivity index (χ4v) is 5.11. The first-order valence-electron chi connectivity index (χ1n) is 9.15. The quantitative estimate of drug-likeness (QED) is 0.778. The predicted octanol–water partition coefficient (Wildman–Crippen LogP) is 1.45. The Labute approximate surface area is 155 Å². The molecular formula is C18H27N3O4S. The Morgan fingerprint density at radius 2 is 1.88 bits per heavy atom. The summed E-state index contributed by atoms with van der Waals surface area (Å²) in [7, 11) is -3.54. The van der Waals surface area contributed by atoms with Gasteiger partial charge < -0.3 is 10.0 Å². The summed E-state index contributed by atoms with van der Waals surface area (Å²) in [5.41, 5.74) is 2.45. The zero-order chi connectivity index (χ0) is 18.7. The lowest BCUT2D eigenvalue weighted by Crippen LogP contribution is -2.47. The molecule has 2 fully saturated rings. The van der Waals surface area contributed by atoms with Gasteiger partial charge in [-0.2, -0.15) is 12.7 Å². The fraction of sp³-hybridized carbons (Fsp3) is 0.611. The first kappa shape index (κ1) is 19.1. The van der Waals surface area contributed by atoms with Gasteiger partial charge in [0.05, 0.1) is 5.92 Å². The fourth-order valence-electron chi connectivity index (χ4n) is 3.79. The van der Waals surface area contributed by atoms with Gasteiger partial charge in [0, 0.05) is 38.4 Å². The van der Waals surface area contributed by atoms with E-state index in [1.165, 1.54) is 15.6 Å². The molecule has 0 aromatic heterocycles. The molecule has 1 atom stereocenters. The third kappa shape index (κ3) is 4.36. The highest BCUT2D eigenvalue weighted by molar-refractivity contribution is 7.87. The number of nitrogens with zero attached hydrogens (tertiary/aromatic N) is 2. The molecular weight excluding hydrogens is 354 g/mol. The summed E-state index contributed by atoms with van der Waals surface area (Å²) in [6.07, 6.45) is 1.71. The van der Waals surface area contributed by atoms with Gasteiger partial charge in [-0.3, -0.25) is 4.79 Å². The number of nitrogens with one attached hydrogen (secondary N) is 1. The van der Waals surface area contributed by atoms with Crippen LogP contribution in [0.2, 0.25) is 0 Å². The second-order valence-electron chi connectivity index (χ2n) is 7.25. The van der Waals surface area contributed by atoms with Gasteiger partial charge in [0.2, 0.25) is 0 Å². The number of benzene rings is 1. The molecule has 0 radical (unpaired) electrons. The van der Waals surface area contributed by atoms with Gasteiger partial charge in [0.15, 0.2) is 0 Å². The monoisotopic (exact) mass is 381 g/mol. The molecule has 2 aliphatic rings. The summed E-state index contributed by atoms with van der Waals surface area (Å²) in [5, 5.41) is 9.02. The topological polar surface area (TPSA) is 90.0 Å². The van der Waals surface area contributed by atoms with Crippen LogP contribution in [0.3, 0.4) is 0 Å². The third-order valence-electron chi connectivity index (χ3n) is 5.44. The molecule has 1 aromatic rings. The summed E-state index contributed by atoms with van der Waals surface area (Å²) in [6, 6.07) is 8.24. The van der Waals surface area contributed by atoms with Crippen LogP contribution >= 0.6 is 0 Å². The average molecular weight is 381 g/mol. The average Bonchev–Trinajstić information content (AvgIpc) is 3.09. The Morgan fingerprint density at radius 1 is 1.19 bits per heavy atom. The van der Waals surface area contributed by atoms with E-state index in [1.54, 1.807) is 0 Å². The van der Waals surface area contributed by atoms with E-state index in [9.17, 15) is 13.2 Å². The van der Waals surface area contributed by atoms with Crippen LogP contribution in [0, 0.1) is 18.8 Å². The van der Waals surface area contributed by atoms with Gasteiger partial charge in [0.1, 0.15) is 0 Å². The van der Waals surface area contributed by atoms with E-state index in [0.717, 1.165) is 19.5 Å². The highest BCUT2D eigenvalue weighted by Gasteiger charge is 2.32. The number of carbonyl (C=O) groups is 1. The van der Waals surface area contributed by atoms with Crippen LogP contribution in [0.4, 0.5) is 5.69 Å². The van der Waals surface area contributed by atoms with Crippen molar-refractivity contribution in [3.63, 3.8) is 0 Å². The summed E-state index contributed by atoms with van der Waals surface area (Å²) in [4.78, 5) is 13.3. The molecule has 8 heteroatoms. The first-order chi connectivity index (χ1) is 12.4. The highest BCUT2D eigenvalue weighted by Crippen LogP contribution is 2.26. The van der Waals surface area contributed by atoms with E-state index in [1.807, 2.05) is 12.1 Å². The van der Waals surface area contributed by atoms with Crippen molar-refractivity contribution in [1.29, 1.82) is 0 Å². The minimum Gasteiger partial charge on any atom is -0.481 e. The van der Waals surface area contributed by atoms with Crippen LogP contribution in [0.15, 0.2) is 24.3 Å². The SMILES string of the molecule is Cc1ccccc1N1CC[C@@H](CNS(=O)(=O)N2CCC(C(=O)O)CC2)C1. The van der Waals surface area contributed by atoms with Crippen molar-refractivity contribution >= 4 is 21.9 Å². The van der Waals surface area contributed by atoms with Crippen molar-refractivity contribution in [3.8, 4) is 0 Å². The molecule has 7 nitrogen and oxygen atoms in total. The molecule has 0 amide bonds. The number of anilines is 1. The molecule has 26 heavy (non-hydrogen) atoms. The van der Waals surface area contributed by atoms with Gasteiger partial charge in [-0.05, 0) is 43.7 Å². The molecule has 3 rings (SSSR count). The number of carboxylic acid groups (broad SMARTS) is 1. The summed E-state index contributed by atoms with van der Waals surface area (Å²) >= 11 is 0. The van der Waals surface area contributed by atoms with Gasteiger partial charge >= 0.3 is 5.97 Å². The van der Waals surface area contributed by atoms with E-state index in [-0.39, 0.29) is 19.0 Å². The lowest BCUT2D eigenvalue weighted by molar-refractivity contribution is -0.142. The molecule has 1 aromatic carbocycles. The minimum absolute atomic E-state index is 0.270. The number of carboxylic acids is 1. The third-order valence-corrected chi connectivity index (χ3v) is 7.02. The Bertz CT molecular complexity index is 745. The van der Waals surface area contributed by atoms with Crippen molar-refractivity contribution in [1.82, 2.24) is 9.03 Å². The molecule has 2 aliphatic heterocycles. The van der Waals surface area contributed by atoms with E-state index in [4.69, 9.17) is 5.11 Å². The van der Waals surface area contributed by atoms with Crippen molar-refractivity contribution in [2.75, 3.05) is 37.6 Å². The number of hydrogen-bond acceptors (Lipinski definition) is 4. The number of piperidine rings is 1.